The second-order valence-electron chi connectivity index (χ2n) is 9.62. The first kappa shape index (κ1) is 27.2. The summed E-state index contributed by atoms with van der Waals surface area (Å²) in [6, 6.07) is 13.5. The van der Waals surface area contributed by atoms with Crippen molar-refractivity contribution in [1.29, 1.82) is 0 Å². The Labute approximate surface area is 213 Å². The maximum atomic E-state index is 14.4. The molecule has 194 valence electrons. The van der Waals surface area contributed by atoms with Crippen molar-refractivity contribution < 1.29 is 18.8 Å². The van der Waals surface area contributed by atoms with E-state index < -0.39 is 17.8 Å². The monoisotopic (exact) mass is 496 g/mol. The number of halogens is 1. The summed E-state index contributed by atoms with van der Waals surface area (Å²) in [5, 5.41) is 2.76. The van der Waals surface area contributed by atoms with E-state index in [1.165, 1.54) is 12.1 Å². The fourth-order valence-electron chi connectivity index (χ4n) is 4.36. The molecule has 0 unspecified atom stereocenters. The zero-order chi connectivity index (χ0) is 26.2. The molecule has 1 heterocycles. The van der Waals surface area contributed by atoms with E-state index in [0.29, 0.717) is 32.6 Å². The first-order valence-corrected chi connectivity index (χ1v) is 12.6. The second kappa shape index (κ2) is 12.5. The highest BCUT2D eigenvalue weighted by Crippen LogP contribution is 2.17. The topological polar surface area (TPSA) is 73.0 Å². The maximum absolute atomic E-state index is 14.4. The number of para-hydroxylation sites is 1. The highest BCUT2D eigenvalue weighted by atomic mass is 19.1. The predicted molar refractivity (Wildman–Crippen MR) is 139 cm³/mol. The number of amides is 3. The summed E-state index contributed by atoms with van der Waals surface area (Å²) in [7, 11) is 1.77. The minimum absolute atomic E-state index is 0.0563. The van der Waals surface area contributed by atoms with Crippen LogP contribution < -0.4 is 10.2 Å². The van der Waals surface area contributed by atoms with Crippen molar-refractivity contribution in [1.82, 2.24) is 15.1 Å². The van der Waals surface area contributed by atoms with Crippen LogP contribution in [0, 0.1) is 11.7 Å². The highest BCUT2D eigenvalue weighted by Gasteiger charge is 2.30. The summed E-state index contributed by atoms with van der Waals surface area (Å²) < 4.78 is 14.4. The van der Waals surface area contributed by atoms with E-state index in [0.717, 1.165) is 11.3 Å². The van der Waals surface area contributed by atoms with Gasteiger partial charge in [-0.2, -0.15) is 0 Å². The van der Waals surface area contributed by atoms with E-state index in [1.807, 2.05) is 51.1 Å². The van der Waals surface area contributed by atoms with Gasteiger partial charge in [0.2, 0.25) is 11.8 Å². The van der Waals surface area contributed by atoms with Crippen molar-refractivity contribution in [2.24, 2.45) is 5.92 Å². The molecule has 2 aromatic carbocycles. The number of nitrogens with one attached hydrogen (secondary N) is 1. The van der Waals surface area contributed by atoms with Crippen molar-refractivity contribution in [2.45, 2.75) is 46.1 Å². The van der Waals surface area contributed by atoms with E-state index in [1.54, 1.807) is 22.9 Å². The summed E-state index contributed by atoms with van der Waals surface area (Å²) in [6.45, 7) is 7.49. The molecule has 0 bridgehead atoms. The molecule has 3 amide bonds. The fourth-order valence-corrected chi connectivity index (χ4v) is 4.36. The first-order chi connectivity index (χ1) is 17.2. The molecular formula is C28H37FN4O3. The van der Waals surface area contributed by atoms with Crippen LogP contribution in [0.3, 0.4) is 0 Å². The van der Waals surface area contributed by atoms with Gasteiger partial charge in [0, 0.05) is 38.8 Å². The van der Waals surface area contributed by atoms with Crippen LogP contribution in [0.2, 0.25) is 0 Å². The van der Waals surface area contributed by atoms with Gasteiger partial charge in [-0.1, -0.05) is 45.0 Å². The predicted octanol–water partition coefficient (Wildman–Crippen LogP) is 3.69. The zero-order valence-electron chi connectivity index (χ0n) is 21.7. The third-order valence-corrected chi connectivity index (χ3v) is 6.60. The molecule has 2 aromatic rings. The molecule has 8 heteroatoms. The molecule has 1 aliphatic rings. The molecule has 7 nitrogen and oxygen atoms in total. The van der Waals surface area contributed by atoms with Gasteiger partial charge in [0.15, 0.2) is 0 Å². The number of aryl methyl sites for hydroxylation is 1. The maximum Gasteiger partial charge on any atom is 0.254 e. The number of hydrogen-bond acceptors (Lipinski definition) is 4. The Morgan fingerprint density at radius 2 is 1.78 bits per heavy atom. The summed E-state index contributed by atoms with van der Waals surface area (Å²) in [4.78, 5) is 44.8. The van der Waals surface area contributed by atoms with Crippen molar-refractivity contribution in [3.63, 3.8) is 0 Å². The summed E-state index contributed by atoms with van der Waals surface area (Å²) in [6.07, 6.45) is 1.56. The molecule has 0 aromatic heterocycles. The summed E-state index contributed by atoms with van der Waals surface area (Å²) >= 11 is 0. The minimum atomic E-state index is -0.830. The van der Waals surface area contributed by atoms with Crippen LogP contribution in [0.5, 0.6) is 0 Å². The Morgan fingerprint density at radius 1 is 1.06 bits per heavy atom. The quantitative estimate of drug-likeness (QED) is 0.662. The fraction of sp³-hybridized carbons (Fsp3) is 0.464. The molecule has 3 rings (SSSR count). The number of carbonyl (C=O) groups is 3. The molecule has 0 aliphatic carbocycles. The van der Waals surface area contributed by atoms with Crippen molar-refractivity contribution >= 4 is 23.4 Å². The van der Waals surface area contributed by atoms with Gasteiger partial charge in [0.25, 0.3) is 5.91 Å². The standard InChI is InChI=1S/C28H37FN4O3/c1-5-21-12-13-24(29)23(18-21)27(35)30-26(20(2)3)28(36)32-15-9-16-33(22-10-7-6-8-11-22)19-31(4)25(34)14-17-32/h6-8,10-13,18,20,26H,5,9,14-17,19H2,1-4H3,(H,30,35)/t26-/m1/s1. The van der Waals surface area contributed by atoms with Crippen molar-refractivity contribution in [3.05, 3.63) is 65.5 Å². The average molecular weight is 497 g/mol. The van der Waals surface area contributed by atoms with E-state index in [-0.39, 0.29) is 36.3 Å². The third kappa shape index (κ3) is 6.83. The number of carbonyl (C=O) groups excluding carboxylic acids is 3. The number of nitrogens with zero attached hydrogens (tertiary/aromatic N) is 3. The highest BCUT2D eigenvalue weighted by molar-refractivity contribution is 5.98. The van der Waals surface area contributed by atoms with Gasteiger partial charge >= 0.3 is 0 Å². The first-order valence-electron chi connectivity index (χ1n) is 12.6. The zero-order valence-corrected chi connectivity index (χ0v) is 21.7. The Morgan fingerprint density at radius 3 is 2.44 bits per heavy atom. The summed E-state index contributed by atoms with van der Waals surface area (Å²) in [5.41, 5.74) is 1.79. The lowest BCUT2D eigenvalue weighted by molar-refractivity contribution is -0.136. The summed E-state index contributed by atoms with van der Waals surface area (Å²) in [5.74, 6) is -1.75. The molecule has 1 fully saturated rings. The molecule has 1 N–H and O–H groups in total. The molecular weight excluding hydrogens is 459 g/mol. The smallest absolute Gasteiger partial charge is 0.254 e. The van der Waals surface area contributed by atoms with E-state index in [9.17, 15) is 18.8 Å². The van der Waals surface area contributed by atoms with Gasteiger partial charge in [-0.3, -0.25) is 14.4 Å². The van der Waals surface area contributed by atoms with Gasteiger partial charge in [-0.15, -0.1) is 0 Å². The van der Waals surface area contributed by atoms with Gasteiger partial charge in [-0.25, -0.2) is 4.39 Å². The Bertz CT molecular complexity index is 1060. The normalized spacial score (nSPS) is 16.2. The molecule has 0 radical (unpaired) electrons. The Kier molecular flexibility index (Phi) is 9.44. The molecule has 1 aliphatic heterocycles. The van der Waals surface area contributed by atoms with E-state index >= 15 is 0 Å². The van der Waals surface area contributed by atoms with Gasteiger partial charge < -0.3 is 20.0 Å². The van der Waals surface area contributed by atoms with Gasteiger partial charge in [0.1, 0.15) is 11.9 Å². The van der Waals surface area contributed by atoms with Crippen LogP contribution in [0.25, 0.3) is 0 Å². The lowest BCUT2D eigenvalue weighted by atomic mass is 10.0. The molecule has 0 saturated carbocycles. The minimum Gasteiger partial charge on any atom is -0.354 e. The molecule has 1 saturated heterocycles. The van der Waals surface area contributed by atoms with Crippen LogP contribution in [0.4, 0.5) is 10.1 Å². The largest absolute Gasteiger partial charge is 0.354 e. The van der Waals surface area contributed by atoms with Crippen molar-refractivity contribution in [2.75, 3.05) is 38.3 Å². The van der Waals surface area contributed by atoms with Crippen LogP contribution in [0.1, 0.15) is 49.5 Å². The van der Waals surface area contributed by atoms with Gasteiger partial charge in [-0.05, 0) is 48.6 Å². The van der Waals surface area contributed by atoms with E-state index in [4.69, 9.17) is 0 Å². The van der Waals surface area contributed by atoms with Crippen LogP contribution in [0.15, 0.2) is 48.5 Å². The Hall–Kier alpha value is -3.42. The number of rotatable bonds is 6. The number of benzene rings is 2. The van der Waals surface area contributed by atoms with Crippen LogP contribution in [-0.2, 0) is 16.0 Å². The lowest BCUT2D eigenvalue weighted by Gasteiger charge is -2.35. The molecule has 0 spiro atoms. The third-order valence-electron chi connectivity index (χ3n) is 6.60. The lowest BCUT2D eigenvalue weighted by Crippen LogP contribution is -2.53. The van der Waals surface area contributed by atoms with Gasteiger partial charge in [0.05, 0.1) is 12.2 Å². The molecule has 36 heavy (non-hydrogen) atoms. The SMILES string of the molecule is CCc1ccc(F)c(C(=O)N[C@@H](C(=O)N2CCCN(c3ccccc3)CN(C)C(=O)CC2)C(C)C)c1. The van der Waals surface area contributed by atoms with Crippen molar-refractivity contribution in [3.8, 4) is 0 Å². The molecule has 1 atom stereocenters. The number of hydrogen-bond donors (Lipinski definition) is 1. The van der Waals surface area contributed by atoms with E-state index in [2.05, 4.69) is 10.2 Å². The Balaban J connectivity index is 1.76. The second-order valence-corrected chi connectivity index (χ2v) is 9.62. The number of anilines is 1. The van der Waals surface area contributed by atoms with Crippen LogP contribution >= 0.6 is 0 Å². The van der Waals surface area contributed by atoms with Crippen LogP contribution in [-0.4, -0.2) is 66.9 Å². The average Bonchev–Trinajstić information content (AvgIpc) is 2.88.